The Labute approximate surface area is 84.2 Å². The van der Waals surface area contributed by atoms with Crippen LogP contribution in [0.1, 0.15) is 18.2 Å². The molecule has 0 amide bonds. The Morgan fingerprint density at radius 2 is 2.00 bits per heavy atom. The van der Waals surface area contributed by atoms with Crippen LogP contribution in [0.3, 0.4) is 0 Å². The lowest BCUT2D eigenvalue weighted by Gasteiger charge is -2.00. The summed E-state index contributed by atoms with van der Waals surface area (Å²) in [5.74, 6) is 0. The van der Waals surface area contributed by atoms with Crippen LogP contribution in [0.15, 0.2) is 42.9 Å². The van der Waals surface area contributed by atoms with Crippen LogP contribution in [0, 0.1) is 0 Å². The second-order valence-electron chi connectivity index (χ2n) is 3.38. The number of aryl methyl sites for hydroxylation is 1. The summed E-state index contributed by atoms with van der Waals surface area (Å²) >= 11 is 0. The van der Waals surface area contributed by atoms with E-state index < -0.39 is 0 Å². The van der Waals surface area contributed by atoms with Gasteiger partial charge in [-0.15, -0.1) is 0 Å². The van der Waals surface area contributed by atoms with E-state index in [9.17, 15) is 0 Å². The van der Waals surface area contributed by atoms with Crippen molar-refractivity contribution in [2.45, 2.75) is 19.9 Å². The van der Waals surface area contributed by atoms with E-state index in [4.69, 9.17) is 0 Å². The number of imidazole rings is 1. The molecule has 1 heterocycles. The summed E-state index contributed by atoms with van der Waals surface area (Å²) in [4.78, 5) is 4.29. The Hall–Kier alpha value is -1.57. The molecule has 0 bridgehead atoms. The van der Waals surface area contributed by atoms with E-state index in [0.29, 0.717) is 0 Å². The molecule has 2 heteroatoms. The van der Waals surface area contributed by atoms with Gasteiger partial charge < -0.3 is 4.57 Å². The second kappa shape index (κ2) is 4.09. The van der Waals surface area contributed by atoms with Gasteiger partial charge in [-0.3, -0.25) is 0 Å². The zero-order valence-corrected chi connectivity index (χ0v) is 8.35. The van der Waals surface area contributed by atoms with Crippen LogP contribution in [-0.2, 0) is 13.0 Å². The summed E-state index contributed by atoms with van der Waals surface area (Å²) in [5, 5.41) is 0. The van der Waals surface area contributed by atoms with Crippen LogP contribution in [0.5, 0.6) is 0 Å². The average Bonchev–Trinajstić information content (AvgIpc) is 2.67. The quantitative estimate of drug-likeness (QED) is 0.720. The van der Waals surface area contributed by atoms with Crippen LogP contribution in [0.25, 0.3) is 0 Å². The molecule has 0 radical (unpaired) electrons. The highest BCUT2D eigenvalue weighted by molar-refractivity contribution is 5.15. The zero-order chi connectivity index (χ0) is 9.80. The fourth-order valence-corrected chi connectivity index (χ4v) is 1.47. The van der Waals surface area contributed by atoms with Gasteiger partial charge in [0, 0.05) is 12.7 Å². The Balaban J connectivity index is 2.11. The van der Waals surface area contributed by atoms with E-state index in [0.717, 1.165) is 18.7 Å². The Kier molecular flexibility index (Phi) is 2.63. The minimum absolute atomic E-state index is 0.911. The first-order valence-corrected chi connectivity index (χ1v) is 4.93. The average molecular weight is 186 g/mol. The maximum Gasteiger partial charge on any atom is 0.0952 e. The number of hydrogen-bond acceptors (Lipinski definition) is 1. The molecule has 1 aromatic heterocycles. The van der Waals surface area contributed by atoms with Crippen molar-refractivity contribution in [2.75, 3.05) is 0 Å². The number of nitrogens with zero attached hydrogens (tertiary/aromatic N) is 2. The number of aromatic nitrogens is 2. The highest BCUT2D eigenvalue weighted by atomic mass is 15.0. The minimum Gasteiger partial charge on any atom is -0.333 e. The van der Waals surface area contributed by atoms with Crippen LogP contribution in [0.4, 0.5) is 0 Å². The van der Waals surface area contributed by atoms with Crippen molar-refractivity contribution in [3.63, 3.8) is 0 Å². The third kappa shape index (κ3) is 2.02. The van der Waals surface area contributed by atoms with Gasteiger partial charge in [0.05, 0.1) is 12.0 Å². The molecule has 0 aliphatic rings. The molecule has 0 aliphatic heterocycles. The van der Waals surface area contributed by atoms with Crippen LogP contribution in [-0.4, -0.2) is 9.55 Å². The van der Waals surface area contributed by atoms with Crippen molar-refractivity contribution in [3.8, 4) is 0 Å². The molecular weight excluding hydrogens is 172 g/mol. The van der Waals surface area contributed by atoms with Gasteiger partial charge in [-0.2, -0.15) is 0 Å². The molecule has 72 valence electrons. The van der Waals surface area contributed by atoms with E-state index in [2.05, 4.69) is 46.9 Å². The van der Waals surface area contributed by atoms with E-state index in [1.807, 2.05) is 12.4 Å². The van der Waals surface area contributed by atoms with Crippen molar-refractivity contribution in [2.24, 2.45) is 0 Å². The predicted molar refractivity (Wildman–Crippen MR) is 57.1 cm³/mol. The van der Waals surface area contributed by atoms with Gasteiger partial charge in [-0.25, -0.2) is 4.98 Å². The topological polar surface area (TPSA) is 17.8 Å². The predicted octanol–water partition coefficient (Wildman–Crippen LogP) is 2.49. The van der Waals surface area contributed by atoms with E-state index >= 15 is 0 Å². The SMILES string of the molecule is CCc1cn(Cc2ccccc2)cn1. The molecule has 0 saturated carbocycles. The van der Waals surface area contributed by atoms with Crippen molar-refractivity contribution in [3.05, 3.63) is 54.1 Å². The molecule has 0 spiro atoms. The van der Waals surface area contributed by atoms with Gasteiger partial charge in [0.2, 0.25) is 0 Å². The third-order valence-corrected chi connectivity index (χ3v) is 2.26. The first kappa shape index (κ1) is 9.00. The second-order valence-corrected chi connectivity index (χ2v) is 3.38. The van der Waals surface area contributed by atoms with Gasteiger partial charge in [0.15, 0.2) is 0 Å². The molecular formula is C12H14N2. The van der Waals surface area contributed by atoms with Crippen LogP contribution in [0.2, 0.25) is 0 Å². The van der Waals surface area contributed by atoms with Crippen LogP contribution < -0.4 is 0 Å². The lowest BCUT2D eigenvalue weighted by Crippen LogP contribution is -1.95. The smallest absolute Gasteiger partial charge is 0.0952 e. The Morgan fingerprint density at radius 1 is 1.21 bits per heavy atom. The highest BCUT2D eigenvalue weighted by Crippen LogP contribution is 2.03. The van der Waals surface area contributed by atoms with E-state index in [-0.39, 0.29) is 0 Å². The van der Waals surface area contributed by atoms with Gasteiger partial charge in [0.25, 0.3) is 0 Å². The summed E-state index contributed by atoms with van der Waals surface area (Å²) in [6.45, 7) is 3.03. The van der Waals surface area contributed by atoms with Gasteiger partial charge in [-0.05, 0) is 12.0 Å². The van der Waals surface area contributed by atoms with E-state index in [1.165, 1.54) is 5.56 Å². The molecule has 0 saturated heterocycles. The number of rotatable bonds is 3. The summed E-state index contributed by atoms with van der Waals surface area (Å²) in [7, 11) is 0. The van der Waals surface area contributed by atoms with Crippen LogP contribution >= 0.6 is 0 Å². The molecule has 2 nitrogen and oxygen atoms in total. The lowest BCUT2D eigenvalue weighted by molar-refractivity contribution is 0.796. The molecule has 0 atom stereocenters. The maximum absolute atomic E-state index is 4.29. The standard InChI is InChI=1S/C12H14N2/c1-2-12-9-14(10-13-12)8-11-6-4-3-5-7-11/h3-7,9-10H,2,8H2,1H3. The normalized spacial score (nSPS) is 10.4. The molecule has 0 fully saturated rings. The molecule has 2 rings (SSSR count). The molecule has 2 aromatic rings. The third-order valence-electron chi connectivity index (χ3n) is 2.26. The number of benzene rings is 1. The van der Waals surface area contributed by atoms with Crippen molar-refractivity contribution in [1.82, 2.24) is 9.55 Å². The molecule has 1 aromatic carbocycles. The largest absolute Gasteiger partial charge is 0.333 e. The highest BCUT2D eigenvalue weighted by Gasteiger charge is 1.96. The first-order chi connectivity index (χ1) is 6.88. The first-order valence-electron chi connectivity index (χ1n) is 4.93. The van der Waals surface area contributed by atoms with Crippen molar-refractivity contribution in [1.29, 1.82) is 0 Å². The molecule has 0 unspecified atom stereocenters. The fraction of sp³-hybridized carbons (Fsp3) is 0.250. The van der Waals surface area contributed by atoms with Gasteiger partial charge in [-0.1, -0.05) is 37.3 Å². The maximum atomic E-state index is 4.29. The van der Waals surface area contributed by atoms with Crippen molar-refractivity contribution < 1.29 is 0 Å². The molecule has 0 N–H and O–H groups in total. The van der Waals surface area contributed by atoms with Crippen molar-refractivity contribution >= 4 is 0 Å². The summed E-state index contributed by atoms with van der Waals surface area (Å²) in [5.41, 5.74) is 2.47. The Bertz CT molecular complexity index is 390. The fourth-order valence-electron chi connectivity index (χ4n) is 1.47. The summed E-state index contributed by atoms with van der Waals surface area (Å²) in [6.07, 6.45) is 5.00. The molecule has 14 heavy (non-hydrogen) atoms. The zero-order valence-electron chi connectivity index (χ0n) is 8.35. The Morgan fingerprint density at radius 3 is 2.64 bits per heavy atom. The van der Waals surface area contributed by atoms with E-state index in [1.54, 1.807) is 0 Å². The minimum atomic E-state index is 0.911. The molecule has 0 aliphatic carbocycles. The lowest BCUT2D eigenvalue weighted by atomic mass is 10.2. The summed E-state index contributed by atoms with van der Waals surface area (Å²) < 4.78 is 2.12. The number of hydrogen-bond donors (Lipinski definition) is 0. The van der Waals surface area contributed by atoms with Gasteiger partial charge >= 0.3 is 0 Å². The summed E-state index contributed by atoms with van der Waals surface area (Å²) in [6, 6.07) is 10.4. The monoisotopic (exact) mass is 186 g/mol. The van der Waals surface area contributed by atoms with Gasteiger partial charge in [0.1, 0.15) is 0 Å².